The van der Waals surface area contributed by atoms with E-state index in [4.69, 9.17) is 11.5 Å². The number of hydrogen-bond donors (Lipinski definition) is 5. The number of pyridine rings is 5. The lowest BCUT2D eigenvalue weighted by Gasteiger charge is -2.17. The molecule has 500 valence electrons. The van der Waals surface area contributed by atoms with Gasteiger partial charge in [0.2, 0.25) is 5.82 Å². The van der Waals surface area contributed by atoms with Crippen molar-refractivity contribution >= 4 is 170 Å². The number of imidazole rings is 2. The second kappa shape index (κ2) is 34.6. The van der Waals surface area contributed by atoms with Crippen LogP contribution in [0.4, 0.5) is 49.9 Å². The van der Waals surface area contributed by atoms with Crippen molar-refractivity contribution in [3.8, 4) is 11.4 Å². The molecule has 0 unspecified atom stereocenters. The minimum Gasteiger partial charge on any atom is -0.399 e. The van der Waals surface area contributed by atoms with Gasteiger partial charge < -0.3 is 27.2 Å². The zero-order valence-electron chi connectivity index (χ0n) is 52.5. The zero-order valence-corrected chi connectivity index (χ0v) is 60.5. The Hall–Kier alpha value is -10.2. The van der Waals surface area contributed by atoms with Crippen molar-refractivity contribution in [2.24, 2.45) is 0 Å². The first kappa shape index (κ1) is 75.1. The Bertz CT molecular complexity index is 4920. The third kappa shape index (κ3) is 21.6. The van der Waals surface area contributed by atoms with Crippen LogP contribution in [0.15, 0.2) is 218 Å². The van der Waals surface area contributed by atoms with E-state index >= 15 is 0 Å². The Morgan fingerprint density at radius 2 is 0.857 bits per heavy atom. The summed E-state index contributed by atoms with van der Waals surface area (Å²) in [6, 6.07) is 42.2. The number of nitrogens with two attached hydrogens (primary N) is 2. The molecule has 0 amide bonds. The maximum Gasteiger partial charge on any atom is 0.305 e. The van der Waals surface area contributed by atoms with E-state index in [1.807, 2.05) is 81.9 Å². The van der Waals surface area contributed by atoms with E-state index in [0.29, 0.717) is 38.4 Å². The number of nitro groups is 2. The molecule has 0 aliphatic carbocycles. The van der Waals surface area contributed by atoms with Gasteiger partial charge in [-0.15, -0.1) is 0 Å². The average Bonchev–Trinajstić information content (AvgIpc) is 1.60. The topological polar surface area (TPSA) is 351 Å². The molecule has 24 nitrogen and oxygen atoms in total. The van der Waals surface area contributed by atoms with E-state index in [2.05, 4.69) is 125 Å². The van der Waals surface area contributed by atoms with E-state index < -0.39 is 27.0 Å². The second-order valence-corrected chi connectivity index (χ2v) is 25.3. The number of carbonyl (C=O) groups is 4. The number of ketones is 4. The number of halogens is 6. The quantitative estimate of drug-likeness (QED) is 0.0235. The summed E-state index contributed by atoms with van der Waals surface area (Å²) < 4.78 is 20.4. The van der Waals surface area contributed by atoms with Crippen molar-refractivity contribution in [3.05, 3.63) is 272 Å². The van der Waals surface area contributed by atoms with Gasteiger partial charge in [-0.2, -0.15) is 4.39 Å². The highest BCUT2D eigenvalue weighted by Crippen LogP contribution is 2.31. The van der Waals surface area contributed by atoms with Gasteiger partial charge in [0.1, 0.15) is 41.4 Å². The molecule has 0 spiro atoms. The van der Waals surface area contributed by atoms with Crippen molar-refractivity contribution in [2.45, 2.75) is 47.1 Å². The van der Waals surface area contributed by atoms with E-state index in [0.717, 1.165) is 86.6 Å². The Morgan fingerprint density at radius 1 is 0.469 bits per heavy atom. The van der Waals surface area contributed by atoms with Crippen molar-refractivity contribution in [1.82, 2.24) is 44.0 Å². The largest absolute Gasteiger partial charge is 0.399 e. The number of anilines is 6. The molecular formula is C68H57Br5FN15O9. The first-order valence-corrected chi connectivity index (χ1v) is 32.6. The highest BCUT2D eigenvalue weighted by molar-refractivity contribution is 9.11. The van der Waals surface area contributed by atoms with Crippen LogP contribution in [0, 0.1) is 26.0 Å². The molecule has 0 saturated heterocycles. The predicted molar refractivity (Wildman–Crippen MR) is 392 cm³/mol. The third-order valence-corrected chi connectivity index (χ3v) is 15.7. The summed E-state index contributed by atoms with van der Waals surface area (Å²) >= 11 is 16.4. The molecule has 7 heterocycles. The predicted octanol–water partition coefficient (Wildman–Crippen LogP) is 17.2. The first-order valence-electron chi connectivity index (χ1n) is 28.6. The average molecular weight is 1650 g/mol. The van der Waals surface area contributed by atoms with Crippen LogP contribution in [0.5, 0.6) is 0 Å². The lowest BCUT2D eigenvalue weighted by Crippen LogP contribution is -2.15. The van der Waals surface area contributed by atoms with Gasteiger partial charge >= 0.3 is 5.69 Å². The maximum absolute atomic E-state index is 12.7. The Morgan fingerprint density at radius 3 is 1.29 bits per heavy atom. The molecule has 98 heavy (non-hydrogen) atoms. The highest BCUT2D eigenvalue weighted by Gasteiger charge is 2.20. The van der Waals surface area contributed by atoms with Crippen molar-refractivity contribution in [1.29, 1.82) is 0 Å². The van der Waals surface area contributed by atoms with E-state index in [9.17, 15) is 48.9 Å². The Balaban J connectivity index is 0.000000169. The van der Waals surface area contributed by atoms with Crippen LogP contribution in [0.25, 0.3) is 33.4 Å². The number of Topliss-reactive ketones (excluding diaryl/α,β-unsaturated/α-hetero) is 4. The second-order valence-electron chi connectivity index (χ2n) is 21.2. The van der Waals surface area contributed by atoms with E-state index in [-0.39, 0.29) is 34.4 Å². The number of nitrogen functional groups attached to an aromatic ring is 2. The number of benzene rings is 5. The zero-order chi connectivity index (χ0) is 71.5. The molecule has 0 aliphatic heterocycles. The molecule has 0 bridgehead atoms. The van der Waals surface area contributed by atoms with Crippen LogP contribution in [-0.2, 0) is 5.60 Å². The molecule has 7 aromatic heterocycles. The molecule has 5 aromatic carbocycles. The summed E-state index contributed by atoms with van der Waals surface area (Å²) in [4.78, 5) is 93.5. The molecule has 0 fully saturated rings. The number of aliphatic hydroxyl groups is 1. The van der Waals surface area contributed by atoms with E-state index in [1.165, 1.54) is 39.0 Å². The monoisotopic (exact) mass is 1640 g/mol. The van der Waals surface area contributed by atoms with Gasteiger partial charge in [-0.1, -0.05) is 6.07 Å². The number of hydrogen-bond acceptors (Lipinski definition) is 20. The SMILES string of the molecule is CC(=O)c1ccc(F)c([N+](=O)[O-])c1.CC(=O)c1ccc(Nc2ccnc(Br)c2)c(N)c1.CC(=O)c1ccc(Nc2ccnc(Br)c2)c([N+](=O)[O-])c1.CC(=O)c1ccc2c(c1)ncn2-c1ccnc(Br)c1.CC(C)(O)c1ccc2c(c1)ncn2-c1ccnc(Br)c1.Nc1ccnc(Br)c1. The minimum absolute atomic E-state index is 0.0000874. The van der Waals surface area contributed by atoms with Gasteiger partial charge in [0, 0.05) is 82.4 Å². The van der Waals surface area contributed by atoms with Crippen molar-refractivity contribution in [3.63, 3.8) is 0 Å². The van der Waals surface area contributed by atoms with E-state index in [1.54, 1.807) is 113 Å². The van der Waals surface area contributed by atoms with Crippen molar-refractivity contribution < 1.29 is 38.5 Å². The number of nitrogens with zero attached hydrogens (tertiary/aromatic N) is 11. The molecule has 12 rings (SSSR count). The number of nitrogens with one attached hydrogen (secondary N) is 2. The fourth-order valence-electron chi connectivity index (χ4n) is 8.58. The minimum atomic E-state index is -0.935. The van der Waals surface area contributed by atoms with Crippen LogP contribution in [0.3, 0.4) is 0 Å². The van der Waals surface area contributed by atoms with Crippen LogP contribution in [-0.4, -0.2) is 82.1 Å². The molecule has 0 aliphatic rings. The molecule has 0 radical (unpaired) electrons. The number of fused-ring (bicyclic) bond motifs is 2. The van der Waals surface area contributed by atoms with Crippen LogP contribution in [0.1, 0.15) is 88.5 Å². The maximum atomic E-state index is 12.7. The molecule has 0 atom stereocenters. The number of carbonyl (C=O) groups excluding carboxylic acids is 4. The van der Waals surface area contributed by atoms with Gasteiger partial charge in [0.05, 0.1) is 60.3 Å². The Kier molecular flexibility index (Phi) is 26.5. The summed E-state index contributed by atoms with van der Waals surface area (Å²) in [5.74, 6) is -1.44. The lowest BCUT2D eigenvalue weighted by molar-refractivity contribution is -0.387. The number of rotatable bonds is 13. The van der Waals surface area contributed by atoms with Gasteiger partial charge in [-0.05, 0) is 260 Å². The number of nitro benzene ring substituents is 2. The van der Waals surface area contributed by atoms with Crippen LogP contribution in [0.2, 0.25) is 0 Å². The van der Waals surface area contributed by atoms with Gasteiger partial charge in [0.25, 0.3) is 5.69 Å². The first-order chi connectivity index (χ1) is 46.4. The molecular weight excluding hydrogens is 1590 g/mol. The molecule has 7 N–H and O–H groups in total. The summed E-state index contributed by atoms with van der Waals surface area (Å²) in [5.41, 5.74) is 21.6. The highest BCUT2D eigenvalue weighted by atomic mass is 79.9. The molecule has 0 saturated carbocycles. The summed E-state index contributed by atoms with van der Waals surface area (Å²) in [6.07, 6.45) is 11.9. The molecule has 12 aromatic rings. The van der Waals surface area contributed by atoms with Crippen molar-refractivity contribution in [2.75, 3.05) is 22.1 Å². The van der Waals surface area contributed by atoms with Crippen LogP contribution < -0.4 is 22.1 Å². The number of aromatic nitrogens is 9. The molecule has 30 heteroatoms. The summed E-state index contributed by atoms with van der Waals surface area (Å²) in [5, 5.41) is 37.5. The summed E-state index contributed by atoms with van der Waals surface area (Å²) in [7, 11) is 0. The smallest absolute Gasteiger partial charge is 0.305 e. The van der Waals surface area contributed by atoms with Gasteiger partial charge in [-0.3, -0.25) is 48.5 Å². The summed E-state index contributed by atoms with van der Waals surface area (Å²) in [6.45, 7) is 9.24. The van der Waals surface area contributed by atoms with Crippen LogP contribution >= 0.6 is 79.6 Å². The van der Waals surface area contributed by atoms with Gasteiger partial charge in [-0.25, -0.2) is 34.9 Å². The third-order valence-electron chi connectivity index (χ3n) is 13.6. The fourth-order valence-corrected chi connectivity index (χ4v) is 10.4. The normalized spacial score (nSPS) is 10.5. The Labute approximate surface area is 601 Å². The standard InChI is InChI=1S/C15H14BrN3O.C14H10BrN3O.C13H10BrN3O3.C13H12BrN3O.C8H6FNO3.C5H5BrN2/c1-15(2,20)10-3-4-13-12(7-10)18-9-19(13)11-5-6-17-14(16)8-11;1-9(19)10-2-3-13-12(6-10)17-8-18(13)11-4-5-16-14(15)7-11;1-8(18)9-2-3-11(12(6-9)17(19)20)16-10-4-5-15-13(14)7-10;1-8(18)9-2-3-12(11(15)6-9)17-10-4-5-16-13(14)7-10;1-5(11)6-2-3-7(9)8(4-6)10(12)13;6-5-3-4(7)1-2-8-5/h3-9,20H,1-2H3;2-8H,1H3;2-7H,1H3,(H,15,16);2-7H,15H2,1H3,(H,16,17);2-4H,1H3;1-3H,(H2,7,8). The fraction of sp³-hybridized carbons (Fsp3) is 0.103. The van der Waals surface area contributed by atoms with Gasteiger partial charge in [0.15, 0.2) is 23.1 Å². The lowest BCUT2D eigenvalue weighted by atomic mass is 9.98.